The van der Waals surface area contributed by atoms with Gasteiger partial charge in [-0.05, 0) is 12.1 Å². The number of rotatable bonds is 1. The van der Waals surface area contributed by atoms with Gasteiger partial charge in [0.05, 0.1) is 6.61 Å². The molecule has 0 bridgehead atoms. The molecule has 0 amide bonds. The van der Waals surface area contributed by atoms with Crippen LogP contribution in [0, 0.1) is 5.82 Å². The van der Waals surface area contributed by atoms with Crippen molar-refractivity contribution in [3.63, 3.8) is 0 Å². The lowest BCUT2D eigenvalue weighted by Gasteiger charge is -2.19. The maximum absolute atomic E-state index is 12.6. The molecule has 1 aromatic rings. The van der Waals surface area contributed by atoms with Gasteiger partial charge in [0.15, 0.2) is 0 Å². The highest BCUT2D eigenvalue weighted by Gasteiger charge is 2.48. The maximum Gasteiger partial charge on any atom is 0.256 e. The van der Waals surface area contributed by atoms with E-state index in [-0.39, 0.29) is 12.2 Å². The molecule has 2 N–H and O–H groups in total. The zero-order chi connectivity index (χ0) is 11.1. The Morgan fingerprint density at radius 3 is 2.47 bits per heavy atom. The summed E-state index contributed by atoms with van der Waals surface area (Å²) in [6.07, 6.45) is -1.33. The van der Waals surface area contributed by atoms with Crippen molar-refractivity contribution in [1.82, 2.24) is 0 Å². The van der Waals surface area contributed by atoms with Gasteiger partial charge in [-0.15, -0.1) is 0 Å². The van der Waals surface area contributed by atoms with Gasteiger partial charge in [0, 0.05) is 5.56 Å². The zero-order valence-electron chi connectivity index (χ0n) is 7.68. The molecule has 0 aromatic heterocycles. The van der Waals surface area contributed by atoms with Crippen molar-refractivity contribution < 1.29 is 24.1 Å². The van der Waals surface area contributed by atoms with Crippen molar-refractivity contribution in [1.29, 1.82) is 0 Å². The van der Waals surface area contributed by atoms with E-state index in [0.717, 1.165) is 12.1 Å². The summed E-state index contributed by atoms with van der Waals surface area (Å²) in [4.78, 5) is 11.4. The second-order valence-corrected chi connectivity index (χ2v) is 3.34. The van der Waals surface area contributed by atoms with Gasteiger partial charge in [0.2, 0.25) is 5.78 Å². The monoisotopic (exact) mass is 212 g/mol. The van der Waals surface area contributed by atoms with Gasteiger partial charge in [-0.3, -0.25) is 4.79 Å². The fourth-order valence-corrected chi connectivity index (χ4v) is 1.47. The zero-order valence-corrected chi connectivity index (χ0v) is 7.68. The first-order valence-electron chi connectivity index (χ1n) is 4.39. The molecule has 1 heterocycles. The number of benzene rings is 1. The van der Waals surface area contributed by atoms with Crippen LogP contribution in [0.25, 0.3) is 0 Å². The smallest absolute Gasteiger partial charge is 0.256 e. The molecule has 5 heteroatoms. The molecule has 2 unspecified atom stereocenters. The summed E-state index contributed by atoms with van der Waals surface area (Å²) in [7, 11) is 0. The first-order valence-corrected chi connectivity index (χ1v) is 4.39. The third-order valence-electron chi connectivity index (χ3n) is 2.32. The first kappa shape index (κ1) is 10.2. The number of carbonyl (C=O) groups is 1. The third kappa shape index (κ3) is 1.54. The Balaban J connectivity index is 2.38. The van der Waals surface area contributed by atoms with E-state index in [1.807, 2.05) is 0 Å². The molecular weight excluding hydrogens is 203 g/mol. The molecule has 2 atom stereocenters. The predicted molar refractivity (Wildman–Crippen MR) is 47.3 cm³/mol. The molecule has 1 aliphatic heterocycles. The van der Waals surface area contributed by atoms with Crippen molar-refractivity contribution in [3.8, 4) is 0 Å². The fraction of sp³-hybridized carbons (Fsp3) is 0.300. The molecule has 4 nitrogen and oxygen atoms in total. The van der Waals surface area contributed by atoms with Crippen LogP contribution >= 0.6 is 0 Å². The lowest BCUT2D eigenvalue weighted by atomic mass is 10.0. The molecule has 0 saturated carbocycles. The van der Waals surface area contributed by atoms with E-state index in [1.54, 1.807) is 0 Å². The largest absolute Gasteiger partial charge is 0.383 e. The average Bonchev–Trinajstić information content (AvgIpc) is 2.48. The highest BCUT2D eigenvalue weighted by molar-refractivity contribution is 5.92. The second kappa shape index (κ2) is 3.37. The Kier molecular flexibility index (Phi) is 2.30. The number of Topliss-reactive ketones (excluding diaryl/α,β-unsaturated/α-hetero) is 1. The van der Waals surface area contributed by atoms with Gasteiger partial charge in [0.1, 0.15) is 11.9 Å². The molecule has 1 aromatic carbocycles. The minimum Gasteiger partial charge on any atom is -0.383 e. The Morgan fingerprint density at radius 1 is 1.40 bits per heavy atom. The lowest BCUT2D eigenvalue weighted by molar-refractivity contribution is -0.187. The number of ether oxygens (including phenoxy) is 1. The predicted octanol–water partition coefficient (Wildman–Crippen LogP) is -0.0690. The summed E-state index contributed by atoms with van der Waals surface area (Å²) in [6.45, 7) is -0.257. The van der Waals surface area contributed by atoms with Crippen LogP contribution in [0.4, 0.5) is 4.39 Å². The number of aliphatic hydroxyl groups is 2. The van der Waals surface area contributed by atoms with Crippen LogP contribution in [0.2, 0.25) is 0 Å². The van der Waals surface area contributed by atoms with Gasteiger partial charge in [-0.2, -0.15) is 0 Å². The molecule has 2 rings (SSSR count). The number of carbonyl (C=O) groups excluding carboxylic acids is 1. The van der Waals surface area contributed by atoms with E-state index in [2.05, 4.69) is 0 Å². The Bertz CT molecular complexity index is 389. The fourth-order valence-electron chi connectivity index (χ4n) is 1.47. The van der Waals surface area contributed by atoms with E-state index in [1.165, 1.54) is 12.1 Å². The van der Waals surface area contributed by atoms with E-state index in [9.17, 15) is 14.3 Å². The van der Waals surface area contributed by atoms with Crippen molar-refractivity contribution in [2.75, 3.05) is 6.61 Å². The van der Waals surface area contributed by atoms with Crippen LogP contribution < -0.4 is 0 Å². The number of hydrogen-bond donors (Lipinski definition) is 2. The van der Waals surface area contributed by atoms with E-state index < -0.39 is 23.5 Å². The molecule has 80 valence electrons. The van der Waals surface area contributed by atoms with Gasteiger partial charge in [0.25, 0.3) is 5.79 Å². The molecule has 1 aliphatic rings. The summed E-state index contributed by atoms with van der Waals surface area (Å²) in [5, 5.41) is 19.0. The molecular formula is C10H9FO4. The van der Waals surface area contributed by atoms with E-state index in [4.69, 9.17) is 9.84 Å². The van der Waals surface area contributed by atoms with E-state index >= 15 is 0 Å². The SMILES string of the molecule is O=C1C(O)COC1(O)c1ccc(F)cc1. The molecule has 1 saturated heterocycles. The molecule has 0 aliphatic carbocycles. The highest BCUT2D eigenvalue weighted by atomic mass is 19.1. The number of aliphatic hydroxyl groups excluding tert-OH is 1. The summed E-state index contributed by atoms with van der Waals surface area (Å²) in [5.74, 6) is -3.45. The number of hydrogen-bond acceptors (Lipinski definition) is 4. The summed E-state index contributed by atoms with van der Waals surface area (Å²) in [6, 6.07) is 4.69. The Hall–Kier alpha value is -1.30. The molecule has 15 heavy (non-hydrogen) atoms. The van der Waals surface area contributed by atoms with Gasteiger partial charge in [-0.1, -0.05) is 12.1 Å². The normalized spacial score (nSPS) is 30.9. The summed E-state index contributed by atoms with van der Waals surface area (Å²) in [5.41, 5.74) is 0.116. The van der Waals surface area contributed by atoms with Gasteiger partial charge < -0.3 is 14.9 Å². The Labute approximate surface area is 84.9 Å². The van der Waals surface area contributed by atoms with Crippen LogP contribution in [0.3, 0.4) is 0 Å². The topological polar surface area (TPSA) is 66.8 Å². The number of ketones is 1. The first-order chi connectivity index (χ1) is 7.04. The van der Waals surface area contributed by atoms with Gasteiger partial charge in [-0.25, -0.2) is 4.39 Å². The summed E-state index contributed by atoms with van der Waals surface area (Å²) < 4.78 is 17.4. The third-order valence-corrected chi connectivity index (χ3v) is 2.32. The van der Waals surface area contributed by atoms with Crippen molar-refractivity contribution in [2.45, 2.75) is 11.9 Å². The van der Waals surface area contributed by atoms with Crippen molar-refractivity contribution in [2.24, 2.45) is 0 Å². The van der Waals surface area contributed by atoms with Crippen molar-refractivity contribution >= 4 is 5.78 Å². The minimum atomic E-state index is -2.15. The molecule has 0 spiro atoms. The highest BCUT2D eigenvalue weighted by Crippen LogP contribution is 2.30. The maximum atomic E-state index is 12.6. The standard InChI is InChI=1S/C10H9FO4/c11-7-3-1-6(2-4-7)10(14)9(13)8(12)5-15-10/h1-4,8,12,14H,5H2. The molecule has 0 radical (unpaired) electrons. The lowest BCUT2D eigenvalue weighted by Crippen LogP contribution is -2.35. The van der Waals surface area contributed by atoms with Gasteiger partial charge >= 0.3 is 0 Å². The average molecular weight is 212 g/mol. The van der Waals surface area contributed by atoms with Crippen LogP contribution in [-0.2, 0) is 15.3 Å². The minimum absolute atomic E-state index is 0.116. The molecule has 1 fully saturated rings. The van der Waals surface area contributed by atoms with Crippen LogP contribution in [0.1, 0.15) is 5.56 Å². The Morgan fingerprint density at radius 2 is 2.00 bits per heavy atom. The second-order valence-electron chi connectivity index (χ2n) is 3.34. The summed E-state index contributed by atoms with van der Waals surface area (Å²) >= 11 is 0. The quantitative estimate of drug-likeness (QED) is 0.684. The van der Waals surface area contributed by atoms with Crippen LogP contribution in [0.5, 0.6) is 0 Å². The van der Waals surface area contributed by atoms with E-state index in [0.29, 0.717) is 0 Å². The number of halogens is 1. The van der Waals surface area contributed by atoms with Crippen molar-refractivity contribution in [3.05, 3.63) is 35.6 Å². The van der Waals surface area contributed by atoms with Crippen LogP contribution in [0.15, 0.2) is 24.3 Å². The van der Waals surface area contributed by atoms with Crippen LogP contribution in [-0.4, -0.2) is 28.7 Å².